The first-order valence-electron chi connectivity index (χ1n) is 1.27. The average Bonchev–Trinajstić information content (AvgIpc) is 1.35. The molecule has 0 saturated carbocycles. The van der Waals surface area contributed by atoms with Crippen molar-refractivity contribution in [1.29, 1.82) is 0 Å². The molecule has 0 aliphatic carbocycles. The van der Waals surface area contributed by atoms with Gasteiger partial charge in [-0.2, -0.15) is 0 Å². The van der Waals surface area contributed by atoms with E-state index in [1.165, 1.54) is 0 Å². The van der Waals surface area contributed by atoms with Crippen LogP contribution in [-0.2, 0) is 0 Å². The van der Waals surface area contributed by atoms with E-state index >= 15 is 0 Å². The van der Waals surface area contributed by atoms with E-state index in [1.54, 1.807) is 6.26 Å². The van der Waals surface area contributed by atoms with Crippen LogP contribution in [0.2, 0.25) is 0 Å². The molecule has 1 amide bonds. The lowest BCUT2D eigenvalue weighted by molar-refractivity contribution is -0.247. The first-order chi connectivity index (χ1) is 2.77. The molecule has 0 atom stereocenters. The third-order valence-corrected chi connectivity index (χ3v) is 0.556. The number of rotatable bonds is 1. The van der Waals surface area contributed by atoms with Crippen molar-refractivity contribution in [1.82, 2.24) is 4.72 Å². The first-order valence-corrected chi connectivity index (χ1v) is 2.50. The Hall–Kier alpha value is -0.380. The van der Waals surface area contributed by atoms with Crippen LogP contribution in [0.5, 0.6) is 0 Å². The summed E-state index contributed by atoms with van der Waals surface area (Å²) < 4.78 is 1.93. The van der Waals surface area contributed by atoms with Crippen LogP contribution >= 0.6 is 11.9 Å². The summed E-state index contributed by atoms with van der Waals surface area (Å²) >= 11 is 0.998. The molecule has 1 N–H and O–H groups in total. The van der Waals surface area contributed by atoms with Gasteiger partial charge in [0.05, 0.1) is 0 Å². The van der Waals surface area contributed by atoms with Gasteiger partial charge in [0.2, 0.25) is 0 Å². The lowest BCUT2D eigenvalue weighted by atomic mass is 11.3. The predicted octanol–water partition coefficient (Wildman–Crippen LogP) is -0.803. The summed E-state index contributed by atoms with van der Waals surface area (Å²) in [6.07, 6.45) is 0.359. The van der Waals surface area contributed by atoms with Gasteiger partial charge in [0.25, 0.3) is 0 Å². The van der Waals surface area contributed by atoms with Crippen LogP contribution in [0.25, 0.3) is 0 Å². The van der Waals surface area contributed by atoms with Crippen LogP contribution in [-0.4, -0.2) is 12.3 Å². The highest BCUT2D eigenvalue weighted by Crippen LogP contribution is 1.75. The first kappa shape index (κ1) is 5.62. The molecule has 6 heavy (non-hydrogen) atoms. The van der Waals surface area contributed by atoms with Crippen molar-refractivity contribution in [2.24, 2.45) is 0 Å². The molecule has 0 bridgehead atoms. The highest BCUT2D eigenvalue weighted by atomic mass is 32.2. The SMILES string of the molecule is CSNC(=O)[O-]. The smallest absolute Gasteiger partial charge is 0.144 e. The molecule has 4 heteroatoms. The van der Waals surface area contributed by atoms with Gasteiger partial charge in [0.15, 0.2) is 0 Å². The zero-order valence-electron chi connectivity index (χ0n) is 3.22. The highest BCUT2D eigenvalue weighted by molar-refractivity contribution is 7.97. The van der Waals surface area contributed by atoms with Gasteiger partial charge in [-0.3, -0.25) is 0 Å². The standard InChI is InChI=1S/C2H5NO2S/c1-6-3-2(4)5/h3H,1H3,(H,4,5)/p-1. The Morgan fingerprint density at radius 3 is 2.50 bits per heavy atom. The number of hydrogen-bond donors (Lipinski definition) is 1. The zero-order valence-corrected chi connectivity index (χ0v) is 4.04. The van der Waals surface area contributed by atoms with Gasteiger partial charge in [0.1, 0.15) is 6.09 Å². The maximum absolute atomic E-state index is 9.36. The summed E-state index contributed by atoms with van der Waals surface area (Å²) in [7, 11) is 0. The van der Waals surface area contributed by atoms with Crippen molar-refractivity contribution in [2.45, 2.75) is 0 Å². The van der Waals surface area contributed by atoms with Crippen molar-refractivity contribution >= 4 is 18.0 Å². The van der Waals surface area contributed by atoms with Gasteiger partial charge in [0, 0.05) is 6.26 Å². The van der Waals surface area contributed by atoms with E-state index in [4.69, 9.17) is 0 Å². The molecule has 0 aliphatic heterocycles. The summed E-state index contributed by atoms with van der Waals surface area (Å²) in [6, 6.07) is 0. The Kier molecular flexibility index (Phi) is 2.66. The molecule has 0 rings (SSSR count). The molecule has 0 unspecified atom stereocenters. The Morgan fingerprint density at radius 2 is 2.50 bits per heavy atom. The maximum Gasteiger partial charge on any atom is 0.144 e. The third-order valence-electron chi connectivity index (χ3n) is 0.185. The van der Waals surface area contributed by atoms with E-state index in [-0.39, 0.29) is 0 Å². The topological polar surface area (TPSA) is 52.2 Å². The lowest BCUT2D eigenvalue weighted by Gasteiger charge is -1.97. The second-order valence-electron chi connectivity index (χ2n) is 0.594. The van der Waals surface area contributed by atoms with E-state index in [9.17, 15) is 9.90 Å². The van der Waals surface area contributed by atoms with Crippen LogP contribution in [0.4, 0.5) is 4.79 Å². The van der Waals surface area contributed by atoms with Crippen molar-refractivity contribution in [3.05, 3.63) is 0 Å². The number of amides is 1. The molecule has 0 heterocycles. The fourth-order valence-electron chi connectivity index (χ4n) is 0.0833. The minimum Gasteiger partial charge on any atom is -0.529 e. The minimum absolute atomic E-state index is 0.998. The molecule has 0 radical (unpaired) electrons. The molecule has 0 fully saturated rings. The molecule has 36 valence electrons. The normalized spacial score (nSPS) is 7.50. The van der Waals surface area contributed by atoms with Gasteiger partial charge in [-0.1, -0.05) is 11.9 Å². The molecule has 0 spiro atoms. The number of carbonyl (C=O) groups is 1. The predicted molar refractivity (Wildman–Crippen MR) is 22.0 cm³/mol. The number of carboxylic acid groups (broad SMARTS) is 1. The highest BCUT2D eigenvalue weighted by Gasteiger charge is 1.70. The van der Waals surface area contributed by atoms with Gasteiger partial charge < -0.3 is 14.6 Å². The number of nitrogens with one attached hydrogen (secondary N) is 1. The van der Waals surface area contributed by atoms with Crippen molar-refractivity contribution in [2.75, 3.05) is 6.26 Å². The summed E-state index contributed by atoms with van der Waals surface area (Å²) in [5.74, 6) is 0. The van der Waals surface area contributed by atoms with Crippen LogP contribution in [0, 0.1) is 0 Å². The minimum atomic E-state index is -1.25. The zero-order chi connectivity index (χ0) is 4.99. The van der Waals surface area contributed by atoms with E-state index in [2.05, 4.69) is 0 Å². The summed E-state index contributed by atoms with van der Waals surface area (Å²) in [5.41, 5.74) is 0. The second kappa shape index (κ2) is 2.84. The van der Waals surface area contributed by atoms with Crippen LogP contribution in [0.15, 0.2) is 0 Å². The van der Waals surface area contributed by atoms with Crippen LogP contribution < -0.4 is 9.83 Å². The van der Waals surface area contributed by atoms with Crippen LogP contribution in [0.1, 0.15) is 0 Å². The fourth-order valence-corrected chi connectivity index (χ4v) is 0.250. The Balaban J connectivity index is 2.83. The Morgan fingerprint density at radius 1 is 2.00 bits per heavy atom. The molecule has 3 nitrogen and oxygen atoms in total. The number of carbonyl (C=O) groups excluding carboxylic acids is 1. The molecular weight excluding hydrogens is 102 g/mol. The molecule has 0 aromatic heterocycles. The van der Waals surface area contributed by atoms with E-state index in [0.29, 0.717) is 0 Å². The molecule has 0 aliphatic rings. The summed E-state index contributed by atoms with van der Waals surface area (Å²) in [6.45, 7) is 0. The third kappa shape index (κ3) is 3.62. The molecule has 0 aromatic carbocycles. The maximum atomic E-state index is 9.36. The largest absolute Gasteiger partial charge is 0.529 e. The van der Waals surface area contributed by atoms with Gasteiger partial charge >= 0.3 is 0 Å². The van der Waals surface area contributed by atoms with E-state index < -0.39 is 6.09 Å². The van der Waals surface area contributed by atoms with Crippen molar-refractivity contribution in [3.8, 4) is 0 Å². The average molecular weight is 106 g/mol. The Bertz CT molecular complexity index is 55.5. The molecule has 0 saturated heterocycles. The van der Waals surface area contributed by atoms with Gasteiger partial charge in [-0.05, 0) is 0 Å². The van der Waals surface area contributed by atoms with E-state index in [1.807, 2.05) is 4.72 Å². The number of hydrogen-bond acceptors (Lipinski definition) is 3. The van der Waals surface area contributed by atoms with Gasteiger partial charge in [-0.25, -0.2) is 0 Å². The second-order valence-corrected chi connectivity index (χ2v) is 1.21. The molecule has 0 aromatic rings. The fraction of sp³-hybridized carbons (Fsp3) is 0.500. The van der Waals surface area contributed by atoms with Crippen molar-refractivity contribution < 1.29 is 9.90 Å². The molecular formula is C2H4NO2S-. The quantitative estimate of drug-likeness (QED) is 0.445. The summed E-state index contributed by atoms with van der Waals surface area (Å²) in [5, 5.41) is 9.36. The van der Waals surface area contributed by atoms with Gasteiger partial charge in [-0.15, -0.1) is 0 Å². The van der Waals surface area contributed by atoms with E-state index in [0.717, 1.165) is 11.9 Å². The Labute approximate surface area is 39.9 Å². The lowest BCUT2D eigenvalue weighted by Crippen LogP contribution is -2.31. The van der Waals surface area contributed by atoms with Crippen LogP contribution in [0.3, 0.4) is 0 Å². The summed E-state index contributed by atoms with van der Waals surface area (Å²) in [4.78, 5) is 9.36. The van der Waals surface area contributed by atoms with Crippen molar-refractivity contribution in [3.63, 3.8) is 0 Å². The monoisotopic (exact) mass is 106 g/mol.